The molecule has 0 aromatic heterocycles. The van der Waals surface area contributed by atoms with Crippen LogP contribution in [0.5, 0.6) is 0 Å². The largest absolute Gasteiger partial charge is 0.392 e. The molecule has 18 heavy (non-hydrogen) atoms. The van der Waals surface area contributed by atoms with E-state index in [4.69, 9.17) is 16.7 Å². The van der Waals surface area contributed by atoms with Gasteiger partial charge in [-0.15, -0.1) is 0 Å². The van der Waals surface area contributed by atoms with Crippen LogP contribution in [0.2, 0.25) is 5.02 Å². The molecule has 0 aliphatic heterocycles. The normalized spacial score (nSPS) is 11.0. The number of hydrogen-bond acceptors (Lipinski definition) is 3. The van der Waals surface area contributed by atoms with Crippen LogP contribution < -0.4 is 4.90 Å². The molecule has 102 valence electrons. The Labute approximate surface area is 115 Å². The second-order valence-electron chi connectivity index (χ2n) is 4.67. The Balaban J connectivity index is 2.67. The summed E-state index contributed by atoms with van der Waals surface area (Å²) >= 11 is 6.12. The molecule has 1 aromatic carbocycles. The zero-order valence-electron chi connectivity index (χ0n) is 11.5. The van der Waals surface area contributed by atoms with Crippen molar-refractivity contribution >= 4 is 17.3 Å². The Bertz CT molecular complexity index is 369. The Morgan fingerprint density at radius 1 is 1.22 bits per heavy atom. The van der Waals surface area contributed by atoms with Crippen molar-refractivity contribution in [2.24, 2.45) is 0 Å². The Morgan fingerprint density at radius 2 is 1.94 bits per heavy atom. The first kappa shape index (κ1) is 15.3. The Morgan fingerprint density at radius 3 is 2.44 bits per heavy atom. The van der Waals surface area contributed by atoms with Gasteiger partial charge in [0.25, 0.3) is 0 Å². The lowest BCUT2D eigenvalue weighted by Gasteiger charge is -2.24. The van der Waals surface area contributed by atoms with E-state index in [9.17, 15) is 0 Å². The van der Waals surface area contributed by atoms with Crippen molar-refractivity contribution in [2.45, 2.75) is 20.0 Å². The van der Waals surface area contributed by atoms with E-state index < -0.39 is 0 Å². The van der Waals surface area contributed by atoms with Gasteiger partial charge in [0.1, 0.15) is 0 Å². The van der Waals surface area contributed by atoms with Gasteiger partial charge in [0.15, 0.2) is 0 Å². The van der Waals surface area contributed by atoms with E-state index in [1.54, 1.807) is 0 Å². The predicted molar refractivity (Wildman–Crippen MR) is 78.4 cm³/mol. The molecule has 0 saturated heterocycles. The average molecular weight is 271 g/mol. The standard InChI is InChI=1S/C14H23ClN2O/c1-4-17(9-5-8-16(2)3)13-7-6-12(11-18)14(15)10-13/h6-7,10,18H,4-5,8-9,11H2,1-3H3. The summed E-state index contributed by atoms with van der Waals surface area (Å²) in [5, 5.41) is 9.74. The van der Waals surface area contributed by atoms with Gasteiger partial charge in [0, 0.05) is 23.8 Å². The molecule has 1 N–H and O–H groups in total. The number of aliphatic hydroxyl groups excluding tert-OH is 1. The van der Waals surface area contributed by atoms with Crippen LogP contribution in [-0.2, 0) is 6.61 Å². The maximum atomic E-state index is 9.10. The molecule has 0 bridgehead atoms. The van der Waals surface area contributed by atoms with Crippen molar-refractivity contribution in [1.82, 2.24) is 4.90 Å². The molecule has 0 radical (unpaired) electrons. The van der Waals surface area contributed by atoms with Crippen molar-refractivity contribution in [1.29, 1.82) is 0 Å². The lowest BCUT2D eigenvalue weighted by molar-refractivity contribution is 0.282. The van der Waals surface area contributed by atoms with E-state index in [2.05, 4.69) is 30.8 Å². The van der Waals surface area contributed by atoms with Crippen LogP contribution in [-0.4, -0.2) is 43.7 Å². The maximum absolute atomic E-state index is 9.10. The van der Waals surface area contributed by atoms with Gasteiger partial charge in [0.05, 0.1) is 6.61 Å². The Kier molecular flexibility index (Phi) is 6.47. The first-order valence-corrected chi connectivity index (χ1v) is 6.75. The number of aliphatic hydroxyl groups is 1. The topological polar surface area (TPSA) is 26.7 Å². The van der Waals surface area contributed by atoms with Gasteiger partial charge in [-0.2, -0.15) is 0 Å². The lowest BCUT2D eigenvalue weighted by Crippen LogP contribution is -2.27. The van der Waals surface area contributed by atoms with Gasteiger partial charge in [-0.1, -0.05) is 17.7 Å². The summed E-state index contributed by atoms with van der Waals surface area (Å²) < 4.78 is 0. The summed E-state index contributed by atoms with van der Waals surface area (Å²) in [5.74, 6) is 0. The van der Waals surface area contributed by atoms with E-state index in [0.717, 1.165) is 37.3 Å². The molecule has 0 fully saturated rings. The third-order valence-corrected chi connectivity index (χ3v) is 3.34. The van der Waals surface area contributed by atoms with Crippen LogP contribution in [0.4, 0.5) is 5.69 Å². The molecule has 1 aromatic rings. The van der Waals surface area contributed by atoms with E-state index in [1.165, 1.54) is 0 Å². The van der Waals surface area contributed by atoms with Crippen LogP contribution in [0.3, 0.4) is 0 Å². The smallest absolute Gasteiger partial charge is 0.0696 e. The van der Waals surface area contributed by atoms with Gasteiger partial charge in [-0.3, -0.25) is 0 Å². The minimum atomic E-state index is -0.00807. The first-order chi connectivity index (χ1) is 8.58. The molecule has 0 amide bonds. The molecule has 0 saturated carbocycles. The molecule has 1 rings (SSSR count). The number of benzene rings is 1. The van der Waals surface area contributed by atoms with Gasteiger partial charge < -0.3 is 14.9 Å². The molecule has 0 aliphatic rings. The van der Waals surface area contributed by atoms with Gasteiger partial charge in [0.2, 0.25) is 0 Å². The van der Waals surface area contributed by atoms with Crippen molar-refractivity contribution < 1.29 is 5.11 Å². The van der Waals surface area contributed by atoms with Crippen molar-refractivity contribution in [3.8, 4) is 0 Å². The number of anilines is 1. The highest BCUT2D eigenvalue weighted by Gasteiger charge is 2.07. The highest BCUT2D eigenvalue weighted by molar-refractivity contribution is 6.31. The van der Waals surface area contributed by atoms with Crippen LogP contribution in [0, 0.1) is 0 Å². The predicted octanol–water partition coefficient (Wildman–Crippen LogP) is 2.61. The van der Waals surface area contributed by atoms with E-state index in [0.29, 0.717) is 5.02 Å². The molecule has 0 atom stereocenters. The molecule has 4 heteroatoms. The Hall–Kier alpha value is -0.770. The second kappa shape index (κ2) is 7.62. The van der Waals surface area contributed by atoms with Crippen LogP contribution in [0.1, 0.15) is 18.9 Å². The molecule has 0 heterocycles. The average Bonchev–Trinajstić information content (AvgIpc) is 2.34. The van der Waals surface area contributed by atoms with Crippen molar-refractivity contribution in [3.05, 3.63) is 28.8 Å². The lowest BCUT2D eigenvalue weighted by atomic mass is 10.2. The fourth-order valence-corrected chi connectivity index (χ4v) is 2.14. The van der Waals surface area contributed by atoms with Crippen LogP contribution in [0.25, 0.3) is 0 Å². The summed E-state index contributed by atoms with van der Waals surface area (Å²) in [6, 6.07) is 5.86. The van der Waals surface area contributed by atoms with Crippen molar-refractivity contribution in [3.63, 3.8) is 0 Å². The number of hydrogen-bond donors (Lipinski definition) is 1. The number of halogens is 1. The van der Waals surface area contributed by atoms with Crippen LogP contribution >= 0.6 is 11.6 Å². The summed E-state index contributed by atoms with van der Waals surface area (Å²) in [7, 11) is 4.17. The highest BCUT2D eigenvalue weighted by atomic mass is 35.5. The third kappa shape index (κ3) is 4.48. The summed E-state index contributed by atoms with van der Waals surface area (Å²) in [6.07, 6.45) is 1.13. The molecule has 0 spiro atoms. The minimum absolute atomic E-state index is 0.00807. The molecular formula is C14H23ClN2O. The van der Waals surface area contributed by atoms with Crippen LogP contribution in [0.15, 0.2) is 18.2 Å². The van der Waals surface area contributed by atoms with Crippen molar-refractivity contribution in [2.75, 3.05) is 38.6 Å². The van der Waals surface area contributed by atoms with Gasteiger partial charge in [-0.05, 0) is 51.7 Å². The second-order valence-corrected chi connectivity index (χ2v) is 5.08. The zero-order valence-corrected chi connectivity index (χ0v) is 12.2. The molecule has 3 nitrogen and oxygen atoms in total. The van der Waals surface area contributed by atoms with Gasteiger partial charge in [-0.25, -0.2) is 0 Å². The molecule has 0 aliphatic carbocycles. The maximum Gasteiger partial charge on any atom is 0.0696 e. The number of rotatable bonds is 7. The van der Waals surface area contributed by atoms with Gasteiger partial charge >= 0.3 is 0 Å². The van der Waals surface area contributed by atoms with E-state index in [1.807, 2.05) is 18.2 Å². The fraction of sp³-hybridized carbons (Fsp3) is 0.571. The first-order valence-electron chi connectivity index (χ1n) is 6.37. The summed E-state index contributed by atoms with van der Waals surface area (Å²) in [5.41, 5.74) is 1.91. The summed E-state index contributed by atoms with van der Waals surface area (Å²) in [4.78, 5) is 4.49. The third-order valence-electron chi connectivity index (χ3n) is 2.99. The molecule has 0 unspecified atom stereocenters. The number of nitrogens with zero attached hydrogens (tertiary/aromatic N) is 2. The monoisotopic (exact) mass is 270 g/mol. The SMILES string of the molecule is CCN(CCCN(C)C)c1ccc(CO)c(Cl)c1. The molecular weight excluding hydrogens is 248 g/mol. The van der Waals surface area contributed by atoms with E-state index in [-0.39, 0.29) is 6.61 Å². The fourth-order valence-electron chi connectivity index (χ4n) is 1.91. The highest BCUT2D eigenvalue weighted by Crippen LogP contribution is 2.23. The zero-order chi connectivity index (χ0) is 13.5. The minimum Gasteiger partial charge on any atom is -0.392 e. The van der Waals surface area contributed by atoms with E-state index >= 15 is 0 Å². The summed E-state index contributed by atoms with van der Waals surface area (Å²) in [6.45, 7) is 5.19. The quantitative estimate of drug-likeness (QED) is 0.825.